The van der Waals surface area contributed by atoms with E-state index in [0.717, 1.165) is 19.3 Å². The average Bonchev–Trinajstić information content (AvgIpc) is 2.40. The van der Waals surface area contributed by atoms with E-state index in [-0.39, 0.29) is 11.4 Å². The monoisotopic (exact) mass is 250 g/mol. The highest BCUT2D eigenvalue weighted by Gasteiger charge is 2.28. The summed E-state index contributed by atoms with van der Waals surface area (Å²) in [7, 11) is 0. The van der Waals surface area contributed by atoms with Gasteiger partial charge in [0.2, 0.25) is 0 Å². The van der Waals surface area contributed by atoms with Crippen LogP contribution in [0.25, 0.3) is 0 Å². The van der Waals surface area contributed by atoms with Crippen LogP contribution < -0.4 is 4.74 Å². The molecule has 2 nitrogen and oxygen atoms in total. The molecule has 0 amide bonds. The molecule has 0 aliphatic heterocycles. The summed E-state index contributed by atoms with van der Waals surface area (Å²) in [4.78, 5) is 0. The maximum Gasteiger partial charge on any atom is 0.161 e. The number of aromatic hydroxyl groups is 1. The van der Waals surface area contributed by atoms with E-state index >= 15 is 0 Å². The molecule has 0 spiro atoms. The first kappa shape index (κ1) is 14.9. The Balaban J connectivity index is 2.75. The lowest BCUT2D eigenvalue weighted by atomic mass is 9.90. The highest BCUT2D eigenvalue weighted by atomic mass is 16.5. The van der Waals surface area contributed by atoms with Crippen LogP contribution in [0, 0.1) is 0 Å². The summed E-state index contributed by atoms with van der Waals surface area (Å²) in [6, 6.07) is 7.24. The molecular weight excluding hydrogens is 224 g/mol. The second-order valence-electron chi connectivity index (χ2n) is 4.92. The van der Waals surface area contributed by atoms with Crippen LogP contribution in [-0.2, 0) is 0 Å². The fraction of sp³-hybridized carbons (Fsp3) is 0.625. The Labute approximate surface area is 111 Å². The molecule has 0 radical (unpaired) electrons. The van der Waals surface area contributed by atoms with Crippen molar-refractivity contribution in [2.45, 2.75) is 64.9 Å². The van der Waals surface area contributed by atoms with Crippen molar-refractivity contribution in [3.8, 4) is 11.5 Å². The van der Waals surface area contributed by atoms with E-state index in [1.54, 1.807) is 6.07 Å². The zero-order chi connectivity index (χ0) is 13.4. The van der Waals surface area contributed by atoms with Gasteiger partial charge in [0, 0.05) is 0 Å². The molecule has 1 rings (SSSR count). The predicted octanol–water partition coefficient (Wildman–Crippen LogP) is 4.91. The third kappa shape index (κ3) is 3.94. The minimum Gasteiger partial charge on any atom is -0.504 e. The van der Waals surface area contributed by atoms with Crippen LogP contribution in [0.5, 0.6) is 11.5 Å². The van der Waals surface area contributed by atoms with E-state index in [4.69, 9.17) is 4.74 Å². The van der Waals surface area contributed by atoms with Crippen molar-refractivity contribution >= 4 is 0 Å². The van der Waals surface area contributed by atoms with E-state index in [9.17, 15) is 5.11 Å². The number of ether oxygens (including phenoxy) is 1. The van der Waals surface area contributed by atoms with Crippen LogP contribution in [0.4, 0.5) is 0 Å². The van der Waals surface area contributed by atoms with Gasteiger partial charge in [-0.05, 0) is 37.8 Å². The molecule has 0 heterocycles. The molecule has 1 aromatic carbocycles. The van der Waals surface area contributed by atoms with Gasteiger partial charge in [0.05, 0.1) is 0 Å². The van der Waals surface area contributed by atoms with Gasteiger partial charge in [0.1, 0.15) is 5.60 Å². The van der Waals surface area contributed by atoms with Crippen LogP contribution in [0.1, 0.15) is 59.3 Å². The minimum absolute atomic E-state index is 0.131. The lowest BCUT2D eigenvalue weighted by molar-refractivity contribution is 0.0456. The SMILES string of the molecule is CCCCCC(CC)(CC)Oc1ccccc1O. The van der Waals surface area contributed by atoms with Gasteiger partial charge in [-0.2, -0.15) is 0 Å². The smallest absolute Gasteiger partial charge is 0.161 e. The van der Waals surface area contributed by atoms with Gasteiger partial charge in [-0.15, -0.1) is 0 Å². The average molecular weight is 250 g/mol. The van der Waals surface area contributed by atoms with Crippen LogP contribution >= 0.6 is 0 Å². The third-order valence-corrected chi connectivity index (χ3v) is 3.72. The van der Waals surface area contributed by atoms with Crippen molar-refractivity contribution in [2.75, 3.05) is 0 Å². The van der Waals surface area contributed by atoms with Gasteiger partial charge in [-0.1, -0.05) is 45.7 Å². The van der Waals surface area contributed by atoms with Crippen molar-refractivity contribution in [1.29, 1.82) is 0 Å². The Bertz CT molecular complexity index is 343. The number of hydrogen-bond donors (Lipinski definition) is 1. The van der Waals surface area contributed by atoms with Crippen LogP contribution in [0.15, 0.2) is 24.3 Å². The zero-order valence-electron chi connectivity index (χ0n) is 11.9. The summed E-state index contributed by atoms with van der Waals surface area (Å²) in [6.07, 6.45) is 6.66. The van der Waals surface area contributed by atoms with Gasteiger partial charge in [0.25, 0.3) is 0 Å². The molecule has 0 fully saturated rings. The van der Waals surface area contributed by atoms with Crippen molar-refractivity contribution in [3.05, 3.63) is 24.3 Å². The maximum absolute atomic E-state index is 9.81. The molecule has 0 bridgehead atoms. The van der Waals surface area contributed by atoms with E-state index in [1.165, 1.54) is 19.3 Å². The van der Waals surface area contributed by atoms with Gasteiger partial charge in [-0.3, -0.25) is 0 Å². The van der Waals surface area contributed by atoms with E-state index in [2.05, 4.69) is 20.8 Å². The molecule has 0 unspecified atom stereocenters. The fourth-order valence-electron chi connectivity index (χ4n) is 2.27. The second kappa shape index (κ2) is 7.30. The molecule has 18 heavy (non-hydrogen) atoms. The highest BCUT2D eigenvalue weighted by molar-refractivity contribution is 5.38. The first-order chi connectivity index (χ1) is 8.67. The van der Waals surface area contributed by atoms with Crippen molar-refractivity contribution in [3.63, 3.8) is 0 Å². The summed E-state index contributed by atoms with van der Waals surface area (Å²) >= 11 is 0. The van der Waals surface area contributed by atoms with E-state index in [1.807, 2.05) is 18.2 Å². The van der Waals surface area contributed by atoms with Gasteiger partial charge in [-0.25, -0.2) is 0 Å². The Kier molecular flexibility index (Phi) is 6.03. The van der Waals surface area contributed by atoms with Crippen LogP contribution in [0.2, 0.25) is 0 Å². The maximum atomic E-state index is 9.81. The standard InChI is InChI=1S/C16H26O2/c1-4-7-10-13-16(5-2,6-3)18-15-12-9-8-11-14(15)17/h8-9,11-12,17H,4-7,10,13H2,1-3H3. The first-order valence-electron chi connectivity index (χ1n) is 7.14. The number of hydrogen-bond acceptors (Lipinski definition) is 2. The molecule has 2 heteroatoms. The molecule has 102 valence electrons. The number of phenols is 1. The quantitative estimate of drug-likeness (QED) is 0.664. The summed E-state index contributed by atoms with van der Waals surface area (Å²) in [5.41, 5.74) is -0.131. The molecule has 0 atom stereocenters. The lowest BCUT2D eigenvalue weighted by Crippen LogP contribution is -2.34. The number of rotatable bonds is 8. The molecule has 0 saturated heterocycles. The summed E-state index contributed by atoms with van der Waals surface area (Å²) in [5, 5.41) is 9.81. The number of phenolic OH excluding ortho intramolecular Hbond substituents is 1. The first-order valence-corrected chi connectivity index (χ1v) is 7.14. The normalized spacial score (nSPS) is 11.5. The topological polar surface area (TPSA) is 29.5 Å². The Hall–Kier alpha value is -1.18. The summed E-state index contributed by atoms with van der Waals surface area (Å²) in [6.45, 7) is 6.54. The van der Waals surface area contributed by atoms with Crippen molar-refractivity contribution in [2.24, 2.45) is 0 Å². The Morgan fingerprint density at radius 1 is 1.06 bits per heavy atom. The largest absolute Gasteiger partial charge is 0.504 e. The predicted molar refractivity (Wildman–Crippen MR) is 76.2 cm³/mol. The van der Waals surface area contributed by atoms with Gasteiger partial charge >= 0.3 is 0 Å². The molecule has 1 N–H and O–H groups in total. The lowest BCUT2D eigenvalue weighted by Gasteiger charge is -2.33. The van der Waals surface area contributed by atoms with Gasteiger partial charge in [0.15, 0.2) is 11.5 Å². The number of para-hydroxylation sites is 2. The molecule has 0 saturated carbocycles. The number of benzene rings is 1. The molecule has 0 aliphatic carbocycles. The van der Waals surface area contributed by atoms with E-state index in [0.29, 0.717) is 5.75 Å². The minimum atomic E-state index is -0.131. The number of unbranched alkanes of at least 4 members (excludes halogenated alkanes) is 2. The molecule has 1 aromatic rings. The summed E-state index contributed by atoms with van der Waals surface area (Å²) < 4.78 is 6.13. The van der Waals surface area contributed by atoms with Gasteiger partial charge < -0.3 is 9.84 Å². The molecular formula is C16H26O2. The van der Waals surface area contributed by atoms with Crippen molar-refractivity contribution in [1.82, 2.24) is 0 Å². The highest BCUT2D eigenvalue weighted by Crippen LogP contribution is 2.34. The van der Waals surface area contributed by atoms with Crippen LogP contribution in [-0.4, -0.2) is 10.7 Å². The van der Waals surface area contributed by atoms with E-state index < -0.39 is 0 Å². The zero-order valence-corrected chi connectivity index (χ0v) is 11.9. The Morgan fingerprint density at radius 2 is 1.72 bits per heavy atom. The second-order valence-corrected chi connectivity index (χ2v) is 4.92. The van der Waals surface area contributed by atoms with Crippen molar-refractivity contribution < 1.29 is 9.84 Å². The Morgan fingerprint density at radius 3 is 2.28 bits per heavy atom. The fourth-order valence-corrected chi connectivity index (χ4v) is 2.27. The molecule has 0 aliphatic rings. The summed E-state index contributed by atoms with van der Waals surface area (Å²) in [5.74, 6) is 0.844. The van der Waals surface area contributed by atoms with Crippen LogP contribution in [0.3, 0.4) is 0 Å². The molecule has 0 aromatic heterocycles. The third-order valence-electron chi connectivity index (χ3n) is 3.72.